The van der Waals surface area contributed by atoms with Gasteiger partial charge in [-0.1, -0.05) is 20.8 Å². The van der Waals surface area contributed by atoms with Gasteiger partial charge in [0.2, 0.25) is 0 Å². The third-order valence-electron chi connectivity index (χ3n) is 4.57. The summed E-state index contributed by atoms with van der Waals surface area (Å²) < 4.78 is 11.5. The number of nitrogens with zero attached hydrogens (tertiary/aromatic N) is 2. The predicted molar refractivity (Wildman–Crippen MR) is 101 cm³/mol. The minimum absolute atomic E-state index is 0.0563. The molecule has 0 spiro atoms. The lowest BCUT2D eigenvalue weighted by Crippen LogP contribution is -2.34. The summed E-state index contributed by atoms with van der Waals surface area (Å²) >= 11 is 0. The van der Waals surface area contributed by atoms with Gasteiger partial charge in [-0.15, -0.1) is 0 Å². The number of hydrogen-bond donors (Lipinski definition) is 0. The fourth-order valence-electron chi connectivity index (χ4n) is 2.84. The molecule has 1 saturated heterocycles. The van der Waals surface area contributed by atoms with E-state index in [4.69, 9.17) is 9.47 Å². The van der Waals surface area contributed by atoms with Gasteiger partial charge < -0.3 is 14.4 Å². The van der Waals surface area contributed by atoms with Crippen molar-refractivity contribution < 1.29 is 14.3 Å². The van der Waals surface area contributed by atoms with Crippen LogP contribution in [0.3, 0.4) is 0 Å². The molecule has 1 aromatic rings. The van der Waals surface area contributed by atoms with Gasteiger partial charge >= 0.3 is 6.09 Å². The predicted octanol–water partition coefficient (Wildman–Crippen LogP) is 3.91. The smallest absolute Gasteiger partial charge is 0.414 e. The van der Waals surface area contributed by atoms with E-state index in [1.807, 2.05) is 12.1 Å². The molecule has 25 heavy (non-hydrogen) atoms. The number of likely N-dealkylation sites (tertiary alicyclic amines) is 1. The molecule has 1 atom stereocenters. The molecule has 0 aliphatic carbocycles. The molecular weight excluding hydrogens is 316 g/mol. The van der Waals surface area contributed by atoms with Crippen LogP contribution in [0.1, 0.15) is 46.1 Å². The fraction of sp³-hybridized carbons (Fsp3) is 0.650. The summed E-state index contributed by atoms with van der Waals surface area (Å²) in [5, 5.41) is 0. The average Bonchev–Trinajstić information content (AvgIpc) is 3.06. The number of carbonyl (C=O) groups excluding carboxylic acids is 1. The summed E-state index contributed by atoms with van der Waals surface area (Å²) in [7, 11) is 3.34. The van der Waals surface area contributed by atoms with E-state index in [0.717, 1.165) is 24.4 Å². The van der Waals surface area contributed by atoms with Crippen molar-refractivity contribution in [2.75, 3.05) is 33.8 Å². The first-order chi connectivity index (χ1) is 11.7. The molecule has 5 heteroatoms. The van der Waals surface area contributed by atoms with Crippen LogP contribution in [0.5, 0.6) is 11.5 Å². The highest BCUT2D eigenvalue weighted by atomic mass is 16.6. The summed E-state index contributed by atoms with van der Waals surface area (Å²) in [6, 6.07) is 6.14. The Balaban J connectivity index is 2.13. The van der Waals surface area contributed by atoms with Gasteiger partial charge in [-0.25, -0.2) is 4.79 Å². The third kappa shape index (κ3) is 5.63. The number of rotatable bonds is 5. The second-order valence-electron chi connectivity index (χ2n) is 8.11. The molecule has 1 fully saturated rings. The van der Waals surface area contributed by atoms with Gasteiger partial charge in [0, 0.05) is 26.2 Å². The van der Waals surface area contributed by atoms with Crippen LogP contribution in [-0.4, -0.2) is 55.7 Å². The summed E-state index contributed by atoms with van der Waals surface area (Å²) in [5.41, 5.74) is 1.03. The van der Waals surface area contributed by atoms with Crippen LogP contribution in [0.4, 0.5) is 4.79 Å². The van der Waals surface area contributed by atoms with Gasteiger partial charge in [0.05, 0.1) is 0 Å². The molecule has 5 nitrogen and oxygen atoms in total. The molecule has 1 aromatic carbocycles. The van der Waals surface area contributed by atoms with Crippen LogP contribution < -0.4 is 9.47 Å². The Morgan fingerprint density at radius 2 is 1.76 bits per heavy atom. The lowest BCUT2D eigenvalue weighted by molar-refractivity contribution is 0.168. The molecule has 1 aliphatic heterocycles. The van der Waals surface area contributed by atoms with Crippen LogP contribution in [0, 0.1) is 0 Å². The minimum Gasteiger partial charge on any atom is -0.492 e. The number of ether oxygens (including phenoxy) is 2. The van der Waals surface area contributed by atoms with Crippen molar-refractivity contribution in [1.29, 1.82) is 0 Å². The Morgan fingerprint density at radius 3 is 2.32 bits per heavy atom. The van der Waals surface area contributed by atoms with E-state index >= 15 is 0 Å². The first-order valence-corrected chi connectivity index (χ1v) is 9.08. The molecule has 1 heterocycles. The zero-order chi connectivity index (χ0) is 18.6. The van der Waals surface area contributed by atoms with Crippen LogP contribution >= 0.6 is 0 Å². The molecule has 0 radical (unpaired) electrons. The van der Waals surface area contributed by atoms with Crippen molar-refractivity contribution in [3.63, 3.8) is 0 Å². The van der Waals surface area contributed by atoms with Crippen molar-refractivity contribution in [3.05, 3.63) is 23.8 Å². The maximum atomic E-state index is 11.9. The van der Waals surface area contributed by atoms with Crippen molar-refractivity contribution in [3.8, 4) is 11.5 Å². The minimum atomic E-state index is -0.387. The first-order valence-electron chi connectivity index (χ1n) is 9.08. The lowest BCUT2D eigenvalue weighted by Gasteiger charge is -2.25. The number of benzene rings is 1. The summed E-state index contributed by atoms with van der Waals surface area (Å²) in [4.78, 5) is 15.8. The van der Waals surface area contributed by atoms with Gasteiger partial charge in [0.15, 0.2) is 0 Å². The van der Waals surface area contributed by atoms with Gasteiger partial charge in [0.25, 0.3) is 0 Å². The highest BCUT2D eigenvalue weighted by Gasteiger charge is 2.20. The van der Waals surface area contributed by atoms with E-state index in [0.29, 0.717) is 18.4 Å². The van der Waals surface area contributed by atoms with Crippen molar-refractivity contribution >= 4 is 6.09 Å². The molecule has 1 amide bonds. The monoisotopic (exact) mass is 348 g/mol. The zero-order valence-electron chi connectivity index (χ0n) is 16.5. The van der Waals surface area contributed by atoms with Crippen LogP contribution in [0.2, 0.25) is 0 Å². The van der Waals surface area contributed by atoms with Gasteiger partial charge in [-0.2, -0.15) is 0 Å². The van der Waals surface area contributed by atoms with E-state index < -0.39 is 0 Å². The lowest BCUT2D eigenvalue weighted by atomic mass is 9.87. The molecule has 2 rings (SSSR count). The van der Waals surface area contributed by atoms with Gasteiger partial charge in [-0.05, 0) is 56.0 Å². The molecule has 1 unspecified atom stereocenters. The fourth-order valence-corrected chi connectivity index (χ4v) is 2.84. The molecule has 0 aromatic heterocycles. The topological polar surface area (TPSA) is 42.0 Å². The Kier molecular flexibility index (Phi) is 6.33. The SMILES string of the molecule is CC(COc1cc(OC(=O)N(C)C)cc(C(C)(C)C)c1)N1CCCC1. The van der Waals surface area contributed by atoms with Gasteiger partial charge in [-0.3, -0.25) is 4.90 Å². The molecular formula is C20H32N2O3. The molecule has 0 saturated carbocycles. The second-order valence-corrected chi connectivity index (χ2v) is 8.11. The molecule has 0 N–H and O–H groups in total. The second kappa shape index (κ2) is 8.09. The summed E-state index contributed by atoms with van der Waals surface area (Å²) in [5.74, 6) is 1.27. The highest BCUT2D eigenvalue weighted by Crippen LogP contribution is 2.31. The van der Waals surface area contributed by atoms with E-state index in [-0.39, 0.29) is 11.5 Å². The van der Waals surface area contributed by atoms with E-state index in [1.165, 1.54) is 17.7 Å². The Hall–Kier alpha value is -1.75. The standard InChI is InChI=1S/C20H32N2O3/c1-15(22-9-7-8-10-22)14-24-17-11-16(20(2,3)4)12-18(13-17)25-19(23)21(5)6/h11-13,15H,7-10,14H2,1-6H3. The Bertz CT molecular complexity index is 587. The van der Waals surface area contributed by atoms with Gasteiger partial charge in [0.1, 0.15) is 18.1 Å². The van der Waals surface area contributed by atoms with Crippen molar-refractivity contribution in [2.24, 2.45) is 0 Å². The molecule has 0 bridgehead atoms. The van der Waals surface area contributed by atoms with Crippen molar-refractivity contribution in [1.82, 2.24) is 9.80 Å². The summed E-state index contributed by atoms with van der Waals surface area (Å²) in [6.07, 6.45) is 2.16. The van der Waals surface area contributed by atoms with Crippen LogP contribution in [0.15, 0.2) is 18.2 Å². The molecule has 1 aliphatic rings. The number of carbonyl (C=O) groups is 1. The third-order valence-corrected chi connectivity index (χ3v) is 4.57. The largest absolute Gasteiger partial charge is 0.492 e. The van der Waals surface area contributed by atoms with E-state index in [1.54, 1.807) is 20.2 Å². The Labute approximate surface area is 151 Å². The van der Waals surface area contributed by atoms with Crippen LogP contribution in [0.25, 0.3) is 0 Å². The zero-order valence-corrected chi connectivity index (χ0v) is 16.5. The summed E-state index contributed by atoms with van der Waals surface area (Å²) in [6.45, 7) is 11.5. The van der Waals surface area contributed by atoms with E-state index in [2.05, 4.69) is 32.6 Å². The Morgan fingerprint density at radius 1 is 1.16 bits per heavy atom. The quantitative estimate of drug-likeness (QED) is 0.809. The number of hydrogen-bond acceptors (Lipinski definition) is 4. The average molecular weight is 348 g/mol. The van der Waals surface area contributed by atoms with Crippen molar-refractivity contribution in [2.45, 2.75) is 52.0 Å². The maximum absolute atomic E-state index is 11.9. The maximum Gasteiger partial charge on any atom is 0.414 e. The van der Waals surface area contributed by atoms with Crippen LogP contribution in [-0.2, 0) is 5.41 Å². The molecule has 140 valence electrons. The normalized spacial score (nSPS) is 16.6. The van der Waals surface area contributed by atoms with E-state index in [9.17, 15) is 4.79 Å². The number of amides is 1. The highest BCUT2D eigenvalue weighted by molar-refractivity contribution is 5.70. The first kappa shape index (κ1) is 19.6.